The molecule has 2 heterocycles. The first-order chi connectivity index (χ1) is 8.86. The zero-order valence-electron chi connectivity index (χ0n) is 10.7. The number of ether oxygens (including phenoxy) is 1. The maximum absolute atomic E-state index is 5.47. The molecule has 0 unspecified atom stereocenters. The Balaban J connectivity index is 2.08. The highest BCUT2D eigenvalue weighted by atomic mass is 16.5. The number of nitrogens with zero attached hydrogens (tertiary/aromatic N) is 1. The summed E-state index contributed by atoms with van der Waals surface area (Å²) in [6, 6.07) is 1.91. The summed E-state index contributed by atoms with van der Waals surface area (Å²) in [5, 5.41) is 3.25. The van der Waals surface area contributed by atoms with E-state index in [9.17, 15) is 0 Å². The van der Waals surface area contributed by atoms with Crippen LogP contribution in [-0.4, -0.2) is 25.2 Å². The maximum Gasteiger partial charge on any atom is 0.181 e. The van der Waals surface area contributed by atoms with Gasteiger partial charge < -0.3 is 18.9 Å². The summed E-state index contributed by atoms with van der Waals surface area (Å²) in [7, 11) is 1.68. The van der Waals surface area contributed by atoms with E-state index in [0.29, 0.717) is 13.2 Å². The van der Waals surface area contributed by atoms with Gasteiger partial charge in [-0.25, -0.2) is 4.98 Å². The van der Waals surface area contributed by atoms with Crippen LogP contribution in [0.5, 0.6) is 0 Å². The fourth-order valence-electron chi connectivity index (χ4n) is 1.81. The number of nitrogens with one attached hydrogen (secondary N) is 1. The Morgan fingerprint density at radius 1 is 1.39 bits per heavy atom. The SMILES string of the molecule is CCc1occc1-c1ocnc1CNCCOC. The molecule has 0 bridgehead atoms. The number of aryl methyl sites for hydroxylation is 1. The van der Waals surface area contributed by atoms with E-state index in [1.165, 1.54) is 6.39 Å². The Bertz CT molecular complexity index is 476. The first-order valence-corrected chi connectivity index (χ1v) is 6.05. The van der Waals surface area contributed by atoms with Gasteiger partial charge in [-0.15, -0.1) is 0 Å². The maximum atomic E-state index is 5.47. The third-order valence-corrected chi connectivity index (χ3v) is 2.73. The average molecular weight is 250 g/mol. The molecule has 5 nitrogen and oxygen atoms in total. The summed E-state index contributed by atoms with van der Waals surface area (Å²) in [5.41, 5.74) is 1.88. The van der Waals surface area contributed by atoms with Crippen molar-refractivity contribution in [2.45, 2.75) is 19.9 Å². The molecular formula is C13H18N2O3. The van der Waals surface area contributed by atoms with Crippen LogP contribution in [-0.2, 0) is 17.7 Å². The second kappa shape index (κ2) is 6.37. The van der Waals surface area contributed by atoms with Crippen molar-refractivity contribution in [3.63, 3.8) is 0 Å². The molecule has 0 aliphatic rings. The van der Waals surface area contributed by atoms with Gasteiger partial charge in [-0.05, 0) is 6.07 Å². The summed E-state index contributed by atoms with van der Waals surface area (Å²) < 4.78 is 15.9. The van der Waals surface area contributed by atoms with Gasteiger partial charge in [0.1, 0.15) is 11.5 Å². The van der Waals surface area contributed by atoms with Crippen molar-refractivity contribution in [1.29, 1.82) is 0 Å². The molecule has 0 aliphatic carbocycles. The number of furan rings is 1. The minimum atomic E-state index is 0.656. The van der Waals surface area contributed by atoms with Gasteiger partial charge in [-0.3, -0.25) is 0 Å². The van der Waals surface area contributed by atoms with Crippen molar-refractivity contribution in [3.05, 3.63) is 30.2 Å². The highest BCUT2D eigenvalue weighted by molar-refractivity contribution is 5.61. The molecule has 0 aromatic carbocycles. The lowest BCUT2D eigenvalue weighted by Crippen LogP contribution is -2.19. The van der Waals surface area contributed by atoms with Crippen LogP contribution < -0.4 is 5.32 Å². The van der Waals surface area contributed by atoms with E-state index < -0.39 is 0 Å². The van der Waals surface area contributed by atoms with Crippen LogP contribution in [0.1, 0.15) is 18.4 Å². The number of oxazole rings is 1. The highest BCUT2D eigenvalue weighted by Crippen LogP contribution is 2.28. The number of hydrogen-bond donors (Lipinski definition) is 1. The molecule has 98 valence electrons. The van der Waals surface area contributed by atoms with Crippen molar-refractivity contribution in [3.8, 4) is 11.3 Å². The quantitative estimate of drug-likeness (QED) is 0.763. The average Bonchev–Trinajstić information content (AvgIpc) is 3.02. The van der Waals surface area contributed by atoms with E-state index >= 15 is 0 Å². The van der Waals surface area contributed by atoms with E-state index in [-0.39, 0.29) is 0 Å². The molecule has 18 heavy (non-hydrogen) atoms. The van der Waals surface area contributed by atoms with E-state index in [2.05, 4.69) is 17.2 Å². The standard InChI is InChI=1S/C13H18N2O3/c1-3-12-10(4-6-17-12)13-11(15-9-18-13)8-14-5-7-16-2/h4,6,9,14H,3,5,7-8H2,1-2H3. The Morgan fingerprint density at radius 2 is 2.28 bits per heavy atom. The molecule has 0 fully saturated rings. The largest absolute Gasteiger partial charge is 0.469 e. The topological polar surface area (TPSA) is 60.4 Å². The monoisotopic (exact) mass is 250 g/mol. The minimum absolute atomic E-state index is 0.656. The van der Waals surface area contributed by atoms with Gasteiger partial charge in [0.2, 0.25) is 0 Å². The molecular weight excluding hydrogens is 232 g/mol. The molecule has 2 aromatic rings. The molecule has 0 radical (unpaired) electrons. The van der Waals surface area contributed by atoms with Gasteiger partial charge >= 0.3 is 0 Å². The van der Waals surface area contributed by atoms with Crippen molar-refractivity contribution in [1.82, 2.24) is 10.3 Å². The summed E-state index contributed by atoms with van der Waals surface area (Å²) in [6.07, 6.45) is 3.98. The van der Waals surface area contributed by atoms with Crippen LogP contribution in [0.2, 0.25) is 0 Å². The molecule has 0 amide bonds. The Hall–Kier alpha value is -1.59. The van der Waals surface area contributed by atoms with Gasteiger partial charge in [0.15, 0.2) is 12.2 Å². The Morgan fingerprint density at radius 3 is 3.06 bits per heavy atom. The van der Waals surface area contributed by atoms with Gasteiger partial charge in [0.25, 0.3) is 0 Å². The first kappa shape index (κ1) is 12.9. The van der Waals surface area contributed by atoms with Crippen LogP contribution >= 0.6 is 0 Å². The molecule has 2 aromatic heterocycles. The minimum Gasteiger partial charge on any atom is -0.469 e. The Kier molecular flexibility index (Phi) is 4.55. The molecule has 0 spiro atoms. The van der Waals surface area contributed by atoms with Crippen molar-refractivity contribution in [2.75, 3.05) is 20.3 Å². The second-order valence-corrected chi connectivity index (χ2v) is 3.91. The summed E-state index contributed by atoms with van der Waals surface area (Å²) in [5.74, 6) is 1.70. The lowest BCUT2D eigenvalue weighted by Gasteiger charge is -2.03. The van der Waals surface area contributed by atoms with Crippen molar-refractivity contribution < 1.29 is 13.6 Å². The number of hydrogen-bond acceptors (Lipinski definition) is 5. The van der Waals surface area contributed by atoms with Crippen LogP contribution in [0.3, 0.4) is 0 Å². The fourth-order valence-corrected chi connectivity index (χ4v) is 1.81. The Labute approximate surface area is 106 Å². The van der Waals surface area contributed by atoms with Crippen molar-refractivity contribution in [2.24, 2.45) is 0 Å². The third kappa shape index (κ3) is 2.80. The predicted octanol–water partition coefficient (Wildman–Crippen LogP) is 2.23. The molecule has 1 N–H and O–H groups in total. The third-order valence-electron chi connectivity index (χ3n) is 2.73. The first-order valence-electron chi connectivity index (χ1n) is 6.05. The van der Waals surface area contributed by atoms with Gasteiger partial charge in [-0.1, -0.05) is 6.92 Å². The number of aromatic nitrogens is 1. The zero-order valence-corrected chi connectivity index (χ0v) is 10.7. The van der Waals surface area contributed by atoms with E-state index in [0.717, 1.165) is 35.7 Å². The number of rotatable bonds is 7. The molecule has 0 atom stereocenters. The molecule has 0 saturated carbocycles. The summed E-state index contributed by atoms with van der Waals surface area (Å²) >= 11 is 0. The summed E-state index contributed by atoms with van der Waals surface area (Å²) in [6.45, 7) is 4.17. The molecule has 2 rings (SSSR count). The van der Waals surface area contributed by atoms with Gasteiger partial charge in [-0.2, -0.15) is 0 Å². The molecule has 5 heteroatoms. The lowest BCUT2D eigenvalue weighted by atomic mass is 10.1. The van der Waals surface area contributed by atoms with E-state index in [1.807, 2.05) is 6.07 Å². The highest BCUT2D eigenvalue weighted by Gasteiger charge is 2.15. The van der Waals surface area contributed by atoms with E-state index in [4.69, 9.17) is 13.6 Å². The lowest BCUT2D eigenvalue weighted by molar-refractivity contribution is 0.199. The van der Waals surface area contributed by atoms with Crippen LogP contribution in [0.25, 0.3) is 11.3 Å². The smallest absolute Gasteiger partial charge is 0.181 e. The van der Waals surface area contributed by atoms with Gasteiger partial charge in [0.05, 0.1) is 18.4 Å². The molecule has 0 saturated heterocycles. The predicted molar refractivity (Wildman–Crippen MR) is 67.2 cm³/mol. The van der Waals surface area contributed by atoms with Crippen LogP contribution in [0.15, 0.2) is 27.6 Å². The zero-order chi connectivity index (χ0) is 12.8. The van der Waals surface area contributed by atoms with Crippen molar-refractivity contribution >= 4 is 0 Å². The second-order valence-electron chi connectivity index (χ2n) is 3.91. The fraction of sp³-hybridized carbons (Fsp3) is 0.462. The molecule has 0 aliphatic heterocycles. The van der Waals surface area contributed by atoms with E-state index in [1.54, 1.807) is 13.4 Å². The number of methoxy groups -OCH3 is 1. The van der Waals surface area contributed by atoms with Crippen LogP contribution in [0.4, 0.5) is 0 Å². The normalized spacial score (nSPS) is 11.0. The summed E-state index contributed by atoms with van der Waals surface area (Å²) in [4.78, 5) is 4.23. The van der Waals surface area contributed by atoms with Crippen LogP contribution in [0, 0.1) is 0 Å². The van der Waals surface area contributed by atoms with Gasteiger partial charge in [0, 0.05) is 26.6 Å².